The van der Waals surface area contributed by atoms with Gasteiger partial charge in [-0.25, -0.2) is 0 Å². The molecule has 1 N–H and O–H groups in total. The average Bonchev–Trinajstić information content (AvgIpc) is 3.78. The minimum absolute atomic E-state index is 0.109. The molecule has 0 radical (unpaired) electrons. The molecule has 1 amide bonds. The lowest BCUT2D eigenvalue weighted by Crippen LogP contribution is -2.49. The molecule has 0 unspecified atom stereocenters. The fourth-order valence-electron chi connectivity index (χ4n) is 4.81. The van der Waals surface area contributed by atoms with E-state index in [-0.39, 0.29) is 5.91 Å². The standard InChI is InChI=1S/C28H26N6O/c29-15-20-1-3-22(4-2-20)27-18-30-16-25-17-31-26(19-34(25)27)21-5-7-23(8-6-21)28(35)33-13-11-32(12-14-33)24-9-10-24/h1-8,16-19,24,31H,9-14H2. The van der Waals surface area contributed by atoms with Crippen molar-refractivity contribution >= 4 is 23.5 Å². The monoisotopic (exact) mass is 462 g/mol. The highest BCUT2D eigenvalue weighted by Crippen LogP contribution is 2.31. The second-order valence-electron chi connectivity index (χ2n) is 9.24. The highest BCUT2D eigenvalue weighted by Gasteiger charge is 2.32. The van der Waals surface area contributed by atoms with Crippen molar-refractivity contribution in [2.45, 2.75) is 18.9 Å². The fraction of sp³-hybridized carbons (Fsp3) is 0.250. The van der Waals surface area contributed by atoms with Gasteiger partial charge in [-0.2, -0.15) is 5.26 Å². The van der Waals surface area contributed by atoms with Crippen LogP contribution in [0.25, 0.3) is 11.4 Å². The molecule has 1 saturated heterocycles. The van der Waals surface area contributed by atoms with E-state index in [4.69, 9.17) is 5.26 Å². The number of nitriles is 1. The Bertz CT molecular complexity index is 1300. The molecule has 7 nitrogen and oxygen atoms in total. The maximum Gasteiger partial charge on any atom is 0.253 e. The van der Waals surface area contributed by atoms with Crippen LogP contribution in [0.2, 0.25) is 0 Å². The number of nitrogens with zero attached hydrogens (tertiary/aromatic N) is 5. The number of rotatable bonds is 4. The molecule has 1 aliphatic carbocycles. The molecular weight excluding hydrogens is 436 g/mol. The van der Waals surface area contributed by atoms with Crippen LogP contribution in [-0.4, -0.2) is 59.0 Å². The minimum Gasteiger partial charge on any atom is -0.358 e. The van der Waals surface area contributed by atoms with E-state index in [1.165, 1.54) is 12.8 Å². The van der Waals surface area contributed by atoms with Crippen LogP contribution in [0.15, 0.2) is 77.8 Å². The number of nitrogens with one attached hydrogen (secondary N) is 1. The number of hydrogen-bond acceptors (Lipinski definition) is 6. The van der Waals surface area contributed by atoms with E-state index < -0.39 is 0 Å². The van der Waals surface area contributed by atoms with Gasteiger partial charge < -0.3 is 15.1 Å². The summed E-state index contributed by atoms with van der Waals surface area (Å²) < 4.78 is 0. The summed E-state index contributed by atoms with van der Waals surface area (Å²) in [5, 5.41) is 12.4. The lowest BCUT2D eigenvalue weighted by molar-refractivity contribution is 0.0627. The lowest BCUT2D eigenvalue weighted by atomic mass is 10.1. The van der Waals surface area contributed by atoms with E-state index in [1.807, 2.05) is 72.0 Å². The summed E-state index contributed by atoms with van der Waals surface area (Å²) in [4.78, 5) is 24.0. The molecule has 3 aliphatic heterocycles. The number of benzene rings is 2. The summed E-state index contributed by atoms with van der Waals surface area (Å²) in [5.74, 6) is 0.109. The van der Waals surface area contributed by atoms with E-state index >= 15 is 0 Å². The van der Waals surface area contributed by atoms with Crippen LogP contribution in [0.1, 0.15) is 39.9 Å². The molecule has 1 saturated carbocycles. The zero-order valence-electron chi connectivity index (χ0n) is 19.4. The van der Waals surface area contributed by atoms with Gasteiger partial charge in [-0.15, -0.1) is 0 Å². The van der Waals surface area contributed by atoms with Crippen LogP contribution in [0.3, 0.4) is 0 Å². The minimum atomic E-state index is 0.109. The van der Waals surface area contributed by atoms with E-state index in [0.717, 1.165) is 66.0 Å². The molecule has 2 aromatic rings. The SMILES string of the molecule is N#Cc1ccc(C2=CN=CC3=CNC(c4ccc(C(=O)N5CCN(C6CC6)CC5)cc4)=CN32)cc1. The van der Waals surface area contributed by atoms with Crippen molar-refractivity contribution in [3.05, 3.63) is 95.1 Å². The summed E-state index contributed by atoms with van der Waals surface area (Å²) in [5.41, 5.74) is 6.11. The Morgan fingerprint density at radius 3 is 2.37 bits per heavy atom. The van der Waals surface area contributed by atoms with Crippen LogP contribution in [0.5, 0.6) is 0 Å². The first-order chi connectivity index (χ1) is 17.2. The third-order valence-corrected chi connectivity index (χ3v) is 6.99. The van der Waals surface area contributed by atoms with Gasteiger partial charge in [0, 0.05) is 55.7 Å². The Balaban J connectivity index is 1.18. The normalized spacial score (nSPS) is 19.7. The molecule has 2 fully saturated rings. The number of piperazine rings is 1. The highest BCUT2D eigenvalue weighted by molar-refractivity contribution is 5.95. The smallest absolute Gasteiger partial charge is 0.253 e. The van der Waals surface area contributed by atoms with Gasteiger partial charge in [-0.05, 0) is 42.7 Å². The third-order valence-electron chi connectivity index (χ3n) is 6.99. The van der Waals surface area contributed by atoms with Crippen molar-refractivity contribution < 1.29 is 4.79 Å². The van der Waals surface area contributed by atoms with Gasteiger partial charge in [0.25, 0.3) is 5.91 Å². The Hall–Kier alpha value is -4.15. The average molecular weight is 463 g/mol. The fourth-order valence-corrected chi connectivity index (χ4v) is 4.81. The van der Waals surface area contributed by atoms with Crippen molar-refractivity contribution in [1.82, 2.24) is 20.0 Å². The number of carbonyl (C=O) groups is 1. The topological polar surface area (TPSA) is 75.0 Å². The van der Waals surface area contributed by atoms with Gasteiger partial charge in [0.1, 0.15) is 0 Å². The van der Waals surface area contributed by atoms with E-state index in [9.17, 15) is 4.79 Å². The second-order valence-corrected chi connectivity index (χ2v) is 9.24. The van der Waals surface area contributed by atoms with Gasteiger partial charge in [-0.1, -0.05) is 24.3 Å². The highest BCUT2D eigenvalue weighted by atomic mass is 16.2. The quantitative estimate of drug-likeness (QED) is 0.752. The van der Waals surface area contributed by atoms with Gasteiger partial charge in [0.2, 0.25) is 0 Å². The molecule has 2 aromatic carbocycles. The summed E-state index contributed by atoms with van der Waals surface area (Å²) in [6.45, 7) is 3.57. The van der Waals surface area contributed by atoms with Crippen molar-refractivity contribution in [3.63, 3.8) is 0 Å². The number of hydrogen-bond donors (Lipinski definition) is 1. The van der Waals surface area contributed by atoms with Crippen molar-refractivity contribution in [3.8, 4) is 6.07 Å². The number of aliphatic imine (C=N–C) groups is 1. The van der Waals surface area contributed by atoms with Crippen LogP contribution < -0.4 is 5.32 Å². The molecule has 4 aliphatic rings. The Kier molecular flexibility index (Phi) is 5.44. The molecule has 0 atom stereocenters. The van der Waals surface area contributed by atoms with Crippen LogP contribution >= 0.6 is 0 Å². The zero-order valence-corrected chi connectivity index (χ0v) is 19.4. The molecule has 6 rings (SSSR count). The molecule has 174 valence electrons. The Morgan fingerprint density at radius 1 is 0.971 bits per heavy atom. The maximum atomic E-state index is 13.0. The van der Waals surface area contributed by atoms with Gasteiger partial charge in [-0.3, -0.25) is 14.7 Å². The Morgan fingerprint density at radius 2 is 1.69 bits per heavy atom. The summed E-state index contributed by atoms with van der Waals surface area (Å²) in [6, 6.07) is 18.2. The van der Waals surface area contributed by atoms with Crippen molar-refractivity contribution in [2.24, 2.45) is 4.99 Å². The summed E-state index contributed by atoms with van der Waals surface area (Å²) in [6.07, 6.45) is 10.2. The summed E-state index contributed by atoms with van der Waals surface area (Å²) in [7, 11) is 0. The molecule has 0 spiro atoms. The summed E-state index contributed by atoms with van der Waals surface area (Å²) >= 11 is 0. The number of amides is 1. The second kappa shape index (κ2) is 8.90. The van der Waals surface area contributed by atoms with Crippen molar-refractivity contribution in [2.75, 3.05) is 26.2 Å². The van der Waals surface area contributed by atoms with Crippen LogP contribution in [0.4, 0.5) is 0 Å². The van der Waals surface area contributed by atoms with Crippen LogP contribution in [-0.2, 0) is 0 Å². The molecule has 0 bridgehead atoms. The van der Waals surface area contributed by atoms with Crippen molar-refractivity contribution in [1.29, 1.82) is 5.26 Å². The van der Waals surface area contributed by atoms with E-state index in [1.54, 1.807) is 6.21 Å². The molecule has 3 heterocycles. The molecule has 35 heavy (non-hydrogen) atoms. The largest absolute Gasteiger partial charge is 0.358 e. The number of carbonyl (C=O) groups excluding carboxylic acids is 1. The first-order valence-electron chi connectivity index (χ1n) is 12.0. The van der Waals surface area contributed by atoms with Crippen LogP contribution in [0, 0.1) is 11.3 Å². The van der Waals surface area contributed by atoms with Gasteiger partial charge >= 0.3 is 0 Å². The molecule has 7 heteroatoms. The molecular formula is C28H26N6O. The third kappa shape index (κ3) is 4.25. The first-order valence-corrected chi connectivity index (χ1v) is 12.0. The van der Waals surface area contributed by atoms with E-state index in [2.05, 4.69) is 26.2 Å². The first kappa shape index (κ1) is 21.4. The maximum absolute atomic E-state index is 13.0. The van der Waals surface area contributed by atoms with Gasteiger partial charge in [0.15, 0.2) is 0 Å². The predicted molar refractivity (Wildman–Crippen MR) is 136 cm³/mol. The number of allylic oxidation sites excluding steroid dienone is 1. The van der Waals surface area contributed by atoms with Gasteiger partial charge in [0.05, 0.1) is 41.1 Å². The Labute approximate surface area is 205 Å². The lowest BCUT2D eigenvalue weighted by Gasteiger charge is -2.35. The molecule has 0 aromatic heterocycles. The number of fused-ring (bicyclic) bond motifs is 1. The zero-order chi connectivity index (χ0) is 23.8. The predicted octanol–water partition coefficient (Wildman–Crippen LogP) is 3.61. The van der Waals surface area contributed by atoms with E-state index in [0.29, 0.717) is 5.56 Å².